The van der Waals surface area contributed by atoms with Gasteiger partial charge in [-0.25, -0.2) is 0 Å². The van der Waals surface area contributed by atoms with Crippen LogP contribution in [0.2, 0.25) is 0 Å². The highest BCUT2D eigenvalue weighted by Crippen LogP contribution is 2.23. The molecule has 0 aromatic heterocycles. The Morgan fingerprint density at radius 2 is 2.19 bits per heavy atom. The van der Waals surface area contributed by atoms with Crippen molar-refractivity contribution in [1.82, 2.24) is 4.90 Å². The summed E-state index contributed by atoms with van der Waals surface area (Å²) in [5, 5.41) is 0. The first-order valence-corrected chi connectivity index (χ1v) is 6.63. The minimum absolute atomic E-state index is 0.0643. The zero-order valence-corrected chi connectivity index (χ0v) is 10.9. The third-order valence-electron chi connectivity index (χ3n) is 3.42. The molecule has 1 heterocycles. The highest BCUT2D eigenvalue weighted by Gasteiger charge is 2.30. The summed E-state index contributed by atoms with van der Waals surface area (Å²) >= 11 is 0. The molecule has 0 aromatic rings. The molecular weight excluding hydrogens is 202 g/mol. The topological polar surface area (TPSA) is 29.5 Å². The molecule has 0 aromatic carbocycles. The fourth-order valence-electron chi connectivity index (χ4n) is 2.57. The molecule has 0 saturated carbocycles. The summed E-state index contributed by atoms with van der Waals surface area (Å²) in [7, 11) is 0. The van der Waals surface area contributed by atoms with Crippen LogP contribution in [0.3, 0.4) is 0 Å². The molecule has 3 heteroatoms. The summed E-state index contributed by atoms with van der Waals surface area (Å²) in [6.45, 7) is 7.58. The van der Waals surface area contributed by atoms with Gasteiger partial charge in [-0.2, -0.15) is 0 Å². The van der Waals surface area contributed by atoms with Crippen molar-refractivity contribution in [3.63, 3.8) is 0 Å². The molecule has 1 rings (SSSR count). The lowest BCUT2D eigenvalue weighted by atomic mass is 9.96. The number of carbonyl (C=O) groups excluding carboxylic acids is 1. The van der Waals surface area contributed by atoms with Crippen LogP contribution in [0.4, 0.5) is 0 Å². The molecule has 0 aliphatic carbocycles. The zero-order valence-electron chi connectivity index (χ0n) is 10.9. The summed E-state index contributed by atoms with van der Waals surface area (Å²) in [5.41, 5.74) is 0. The van der Waals surface area contributed by atoms with Crippen molar-refractivity contribution in [2.24, 2.45) is 0 Å². The van der Waals surface area contributed by atoms with Crippen molar-refractivity contribution in [3.05, 3.63) is 0 Å². The number of likely N-dealkylation sites (tertiary alicyclic amines) is 1. The van der Waals surface area contributed by atoms with E-state index >= 15 is 0 Å². The summed E-state index contributed by atoms with van der Waals surface area (Å²) in [4.78, 5) is 14.1. The first kappa shape index (κ1) is 13.5. The van der Waals surface area contributed by atoms with E-state index in [2.05, 4.69) is 11.8 Å². The van der Waals surface area contributed by atoms with Crippen LogP contribution in [0.25, 0.3) is 0 Å². The number of nitrogens with zero attached hydrogens (tertiary/aromatic N) is 1. The van der Waals surface area contributed by atoms with Crippen LogP contribution in [0.15, 0.2) is 0 Å². The molecule has 0 spiro atoms. The molecule has 1 fully saturated rings. The Morgan fingerprint density at radius 3 is 2.81 bits per heavy atom. The third-order valence-corrected chi connectivity index (χ3v) is 3.42. The Bertz CT molecular complexity index is 216. The van der Waals surface area contributed by atoms with Gasteiger partial charge in [-0.15, -0.1) is 0 Å². The first-order chi connectivity index (χ1) is 7.70. The molecule has 1 aliphatic rings. The minimum atomic E-state index is -0.0724. The smallest absolute Gasteiger partial charge is 0.323 e. The number of piperidine rings is 1. The van der Waals surface area contributed by atoms with E-state index < -0.39 is 0 Å². The summed E-state index contributed by atoms with van der Waals surface area (Å²) in [5.74, 6) is -0.0643. The van der Waals surface area contributed by atoms with E-state index in [1.54, 1.807) is 0 Å². The average molecular weight is 227 g/mol. The second-order valence-corrected chi connectivity index (χ2v) is 4.60. The Hall–Kier alpha value is -0.570. The fourth-order valence-corrected chi connectivity index (χ4v) is 2.57. The van der Waals surface area contributed by atoms with Gasteiger partial charge < -0.3 is 4.74 Å². The van der Waals surface area contributed by atoms with Crippen LogP contribution in [0.1, 0.15) is 52.9 Å². The Balaban J connectivity index is 2.55. The molecule has 0 bridgehead atoms. The van der Waals surface area contributed by atoms with Crippen LogP contribution >= 0.6 is 0 Å². The monoisotopic (exact) mass is 227 g/mol. The normalized spacial score (nSPS) is 24.1. The minimum Gasteiger partial charge on any atom is -0.465 e. The predicted molar refractivity (Wildman–Crippen MR) is 65.3 cm³/mol. The van der Waals surface area contributed by atoms with Crippen molar-refractivity contribution >= 4 is 5.97 Å². The van der Waals surface area contributed by atoms with Crippen LogP contribution < -0.4 is 0 Å². The van der Waals surface area contributed by atoms with E-state index in [-0.39, 0.29) is 12.0 Å². The van der Waals surface area contributed by atoms with Crippen LogP contribution in [0, 0.1) is 0 Å². The molecule has 16 heavy (non-hydrogen) atoms. The van der Waals surface area contributed by atoms with E-state index in [0.717, 1.165) is 6.54 Å². The number of carbonyl (C=O) groups is 1. The lowest BCUT2D eigenvalue weighted by Crippen LogP contribution is -2.48. The lowest BCUT2D eigenvalue weighted by Gasteiger charge is -2.38. The Labute approximate surface area is 99.1 Å². The number of esters is 1. The van der Waals surface area contributed by atoms with Crippen molar-refractivity contribution < 1.29 is 9.53 Å². The second-order valence-electron chi connectivity index (χ2n) is 4.60. The van der Waals surface area contributed by atoms with E-state index in [1.165, 1.54) is 32.1 Å². The van der Waals surface area contributed by atoms with Gasteiger partial charge in [0.25, 0.3) is 0 Å². The highest BCUT2D eigenvalue weighted by molar-refractivity contribution is 5.75. The van der Waals surface area contributed by atoms with Crippen molar-refractivity contribution in [3.8, 4) is 0 Å². The highest BCUT2D eigenvalue weighted by atomic mass is 16.5. The summed E-state index contributed by atoms with van der Waals surface area (Å²) in [6.07, 6.45) is 6.14. The van der Waals surface area contributed by atoms with Crippen molar-refractivity contribution in [2.75, 3.05) is 13.2 Å². The number of rotatable bonds is 5. The first-order valence-electron chi connectivity index (χ1n) is 6.63. The summed E-state index contributed by atoms with van der Waals surface area (Å²) in [6, 6.07) is 0.509. The van der Waals surface area contributed by atoms with Crippen molar-refractivity contribution in [1.29, 1.82) is 0 Å². The second kappa shape index (κ2) is 6.89. The van der Waals surface area contributed by atoms with Crippen LogP contribution in [0.5, 0.6) is 0 Å². The van der Waals surface area contributed by atoms with Gasteiger partial charge in [-0.05, 0) is 39.7 Å². The van der Waals surface area contributed by atoms with Gasteiger partial charge in [-0.1, -0.05) is 19.8 Å². The Morgan fingerprint density at radius 1 is 1.44 bits per heavy atom. The predicted octanol–water partition coefficient (Wildman–Crippen LogP) is 2.59. The molecule has 0 radical (unpaired) electrons. The van der Waals surface area contributed by atoms with Gasteiger partial charge in [0.1, 0.15) is 6.04 Å². The maximum Gasteiger partial charge on any atom is 0.323 e. The molecule has 94 valence electrons. The molecule has 3 nitrogen and oxygen atoms in total. The van der Waals surface area contributed by atoms with Crippen LogP contribution in [-0.2, 0) is 9.53 Å². The van der Waals surface area contributed by atoms with E-state index in [0.29, 0.717) is 12.6 Å². The molecule has 2 atom stereocenters. The van der Waals surface area contributed by atoms with E-state index in [9.17, 15) is 4.79 Å². The van der Waals surface area contributed by atoms with Gasteiger partial charge in [0.2, 0.25) is 0 Å². The SMILES string of the molecule is CCCC1CCCCN1C(C)C(=O)OCC. The van der Waals surface area contributed by atoms with E-state index in [4.69, 9.17) is 4.74 Å². The Kier molecular flexibility index (Phi) is 5.81. The molecule has 0 amide bonds. The van der Waals surface area contributed by atoms with Gasteiger partial charge in [0.05, 0.1) is 6.61 Å². The van der Waals surface area contributed by atoms with Crippen LogP contribution in [-0.4, -0.2) is 36.1 Å². The number of hydrogen-bond acceptors (Lipinski definition) is 3. The van der Waals surface area contributed by atoms with Gasteiger partial charge in [0, 0.05) is 6.04 Å². The quantitative estimate of drug-likeness (QED) is 0.676. The van der Waals surface area contributed by atoms with E-state index in [1.807, 2.05) is 13.8 Å². The summed E-state index contributed by atoms with van der Waals surface area (Å²) < 4.78 is 5.10. The number of hydrogen-bond donors (Lipinski definition) is 0. The maximum atomic E-state index is 11.7. The number of ether oxygens (including phenoxy) is 1. The fraction of sp³-hybridized carbons (Fsp3) is 0.923. The third kappa shape index (κ3) is 3.48. The molecule has 2 unspecified atom stereocenters. The van der Waals surface area contributed by atoms with Gasteiger partial charge in [-0.3, -0.25) is 9.69 Å². The van der Waals surface area contributed by atoms with Crippen molar-refractivity contribution in [2.45, 2.75) is 65.0 Å². The van der Waals surface area contributed by atoms with Gasteiger partial charge >= 0.3 is 5.97 Å². The van der Waals surface area contributed by atoms with Gasteiger partial charge in [0.15, 0.2) is 0 Å². The standard InChI is InChI=1S/C13H25NO2/c1-4-8-12-9-6-7-10-14(12)11(3)13(15)16-5-2/h11-12H,4-10H2,1-3H3. The molecule has 1 aliphatic heterocycles. The maximum absolute atomic E-state index is 11.7. The zero-order chi connectivity index (χ0) is 12.0. The largest absolute Gasteiger partial charge is 0.465 e. The molecular formula is C13H25NO2. The lowest BCUT2D eigenvalue weighted by molar-refractivity contribution is -0.150. The average Bonchev–Trinajstić information content (AvgIpc) is 2.29. The molecule has 0 N–H and O–H groups in total. The molecule has 1 saturated heterocycles.